The third kappa shape index (κ3) is 12.0. The zero-order valence-corrected chi connectivity index (χ0v) is 22.3. The molecule has 0 aliphatic carbocycles. The van der Waals surface area contributed by atoms with Crippen molar-refractivity contribution in [2.24, 2.45) is 0 Å². The Labute approximate surface area is 216 Å². The topological polar surface area (TPSA) is 103 Å². The molecule has 1 aromatic carbocycles. The van der Waals surface area contributed by atoms with Crippen LogP contribution in [0.5, 0.6) is 5.75 Å². The normalized spacial score (nSPS) is 13.6. The van der Waals surface area contributed by atoms with Gasteiger partial charge >= 0.3 is 18.2 Å². The molecule has 1 atom stereocenters. The number of hydrogen-bond acceptors (Lipinski definition) is 6. The van der Waals surface area contributed by atoms with Gasteiger partial charge in [0.25, 0.3) is 0 Å². The average Bonchev–Trinajstić information content (AvgIpc) is 2.78. The van der Waals surface area contributed by atoms with Gasteiger partial charge in [-0.1, -0.05) is 38.7 Å². The lowest BCUT2D eigenvalue weighted by atomic mass is 9.91. The summed E-state index contributed by atoms with van der Waals surface area (Å²) in [6.07, 6.45) is -1.35. The number of aliphatic carboxylic acids is 1. The first-order valence-electron chi connectivity index (χ1n) is 12.4. The Kier molecular flexibility index (Phi) is 13.2. The largest absolute Gasteiger partial charge is 0.493 e. The van der Waals surface area contributed by atoms with Crippen LogP contribution in [0.4, 0.5) is 18.0 Å². The summed E-state index contributed by atoms with van der Waals surface area (Å²) in [5, 5.41) is 12.3. The van der Waals surface area contributed by atoms with E-state index in [1.54, 1.807) is 20.8 Å². The average molecular weight is 536 g/mol. The number of halogens is 3. The summed E-state index contributed by atoms with van der Waals surface area (Å²) in [5.41, 5.74) is -3.57. The molecule has 11 heteroatoms. The number of amides is 1. The van der Waals surface area contributed by atoms with Gasteiger partial charge in [0.1, 0.15) is 18.1 Å². The van der Waals surface area contributed by atoms with Crippen LogP contribution < -0.4 is 10.1 Å². The highest BCUT2D eigenvalue weighted by Gasteiger charge is 2.42. The third-order valence-corrected chi connectivity index (χ3v) is 5.39. The first kappa shape index (κ1) is 32.5. The molecule has 0 saturated heterocycles. The van der Waals surface area contributed by atoms with Gasteiger partial charge in [0.15, 0.2) is 5.54 Å². The highest BCUT2D eigenvalue weighted by atomic mass is 19.4. The molecule has 212 valence electrons. The maximum atomic E-state index is 13.8. The van der Waals surface area contributed by atoms with E-state index in [9.17, 15) is 27.9 Å². The Hall–Kier alpha value is -2.53. The number of ether oxygens (including phenoxy) is 4. The molecule has 1 rings (SSSR count). The van der Waals surface area contributed by atoms with Gasteiger partial charge in [0.05, 0.1) is 18.8 Å². The minimum Gasteiger partial charge on any atom is -0.493 e. The molecular formula is C26H40F3NO7. The molecule has 0 radical (unpaired) electrons. The fourth-order valence-electron chi connectivity index (χ4n) is 3.52. The number of methoxy groups -OCH3 is 1. The number of unbranched alkanes of at least 4 members (excludes halogenated alkanes) is 4. The smallest absolute Gasteiger partial charge is 0.419 e. The number of nitrogens with one attached hydrogen (secondary N) is 1. The van der Waals surface area contributed by atoms with E-state index in [2.05, 4.69) is 12.2 Å². The van der Waals surface area contributed by atoms with Crippen LogP contribution in [0.15, 0.2) is 18.2 Å². The molecule has 0 aliphatic rings. The molecule has 0 bridgehead atoms. The van der Waals surface area contributed by atoms with Gasteiger partial charge in [-0.25, -0.2) is 9.59 Å². The monoisotopic (exact) mass is 535 g/mol. The molecule has 37 heavy (non-hydrogen) atoms. The number of carbonyl (C=O) groups is 2. The van der Waals surface area contributed by atoms with Crippen molar-refractivity contribution in [3.8, 4) is 5.75 Å². The van der Waals surface area contributed by atoms with Crippen LogP contribution in [0.25, 0.3) is 0 Å². The quantitative estimate of drug-likeness (QED) is 0.199. The molecule has 1 unspecified atom stereocenters. The minimum absolute atomic E-state index is 0.0984. The van der Waals surface area contributed by atoms with Crippen LogP contribution in [0, 0.1) is 0 Å². The van der Waals surface area contributed by atoms with E-state index >= 15 is 0 Å². The first-order chi connectivity index (χ1) is 17.2. The number of rotatable bonds is 16. The second kappa shape index (κ2) is 15.0. The zero-order valence-electron chi connectivity index (χ0n) is 22.3. The molecule has 0 spiro atoms. The Bertz CT molecular complexity index is 856. The second-order valence-corrected chi connectivity index (χ2v) is 9.86. The summed E-state index contributed by atoms with van der Waals surface area (Å²) in [6.45, 7) is 6.37. The fourth-order valence-corrected chi connectivity index (χ4v) is 3.52. The number of aryl methyl sites for hydroxylation is 1. The predicted octanol–water partition coefficient (Wildman–Crippen LogP) is 5.96. The van der Waals surface area contributed by atoms with Gasteiger partial charge < -0.3 is 29.4 Å². The summed E-state index contributed by atoms with van der Waals surface area (Å²) in [6, 6.07) is 3.65. The standard InChI is InChI=1S/C26H40F3NO7/c1-6-7-8-9-10-15-36-21-12-11-19(16-20(21)26(27,28)29)13-14-25(22(31)32,17-35-18-34-5)30-23(33)37-24(2,3)4/h11-12,16H,6-10,13-15,17-18H2,1-5H3,(H,30,33)(H,31,32). The van der Waals surface area contributed by atoms with Crippen molar-refractivity contribution >= 4 is 12.1 Å². The van der Waals surface area contributed by atoms with Gasteiger partial charge in [0, 0.05) is 7.11 Å². The van der Waals surface area contributed by atoms with Crippen LogP contribution in [-0.4, -0.2) is 55.4 Å². The third-order valence-electron chi connectivity index (χ3n) is 5.39. The molecule has 0 saturated carbocycles. The van der Waals surface area contributed by atoms with Gasteiger partial charge in [-0.05, 0) is 57.7 Å². The minimum atomic E-state index is -4.66. The number of carbonyl (C=O) groups excluding carboxylic acids is 1. The molecule has 2 N–H and O–H groups in total. The summed E-state index contributed by atoms with van der Waals surface area (Å²) < 4.78 is 61.9. The van der Waals surface area contributed by atoms with Crippen molar-refractivity contribution in [1.29, 1.82) is 0 Å². The number of alkyl carbamates (subject to hydrolysis) is 1. The number of hydrogen-bond donors (Lipinski definition) is 2. The molecule has 0 fully saturated rings. The molecule has 1 amide bonds. The van der Waals surface area contributed by atoms with E-state index in [1.165, 1.54) is 19.2 Å². The highest BCUT2D eigenvalue weighted by Crippen LogP contribution is 2.37. The van der Waals surface area contributed by atoms with Crippen LogP contribution in [-0.2, 0) is 31.6 Å². The Morgan fingerprint density at radius 3 is 2.30 bits per heavy atom. The molecule has 0 aromatic heterocycles. The van der Waals surface area contributed by atoms with E-state index in [1.807, 2.05) is 0 Å². The second-order valence-electron chi connectivity index (χ2n) is 9.86. The van der Waals surface area contributed by atoms with Crippen molar-refractivity contribution in [3.05, 3.63) is 29.3 Å². The van der Waals surface area contributed by atoms with Gasteiger partial charge in [-0.15, -0.1) is 0 Å². The Balaban J connectivity index is 3.08. The maximum Gasteiger partial charge on any atom is 0.419 e. The maximum absolute atomic E-state index is 13.8. The van der Waals surface area contributed by atoms with E-state index in [-0.39, 0.29) is 37.6 Å². The number of alkyl halides is 3. The highest BCUT2D eigenvalue weighted by molar-refractivity contribution is 5.84. The Morgan fingerprint density at radius 2 is 1.73 bits per heavy atom. The van der Waals surface area contributed by atoms with Gasteiger partial charge in [-0.2, -0.15) is 13.2 Å². The summed E-state index contributed by atoms with van der Waals surface area (Å²) in [7, 11) is 1.34. The van der Waals surface area contributed by atoms with Crippen LogP contribution in [0.2, 0.25) is 0 Å². The van der Waals surface area contributed by atoms with Crippen LogP contribution in [0.1, 0.15) is 77.3 Å². The van der Waals surface area contributed by atoms with Gasteiger partial charge in [0.2, 0.25) is 0 Å². The lowest BCUT2D eigenvalue weighted by Crippen LogP contribution is -2.59. The fraction of sp³-hybridized carbons (Fsp3) is 0.692. The van der Waals surface area contributed by atoms with E-state index in [0.717, 1.165) is 31.7 Å². The lowest BCUT2D eigenvalue weighted by Gasteiger charge is -2.31. The molecule has 8 nitrogen and oxygen atoms in total. The SMILES string of the molecule is CCCCCCCOc1ccc(CCC(COCOC)(NC(=O)OC(C)(C)C)C(=O)O)cc1C(F)(F)F. The predicted molar refractivity (Wildman–Crippen MR) is 132 cm³/mol. The first-order valence-corrected chi connectivity index (χ1v) is 12.4. The van der Waals surface area contributed by atoms with Crippen molar-refractivity contribution in [2.75, 3.05) is 27.1 Å². The number of benzene rings is 1. The Morgan fingerprint density at radius 1 is 1.05 bits per heavy atom. The summed E-state index contributed by atoms with van der Waals surface area (Å²) >= 11 is 0. The van der Waals surface area contributed by atoms with Gasteiger partial charge in [-0.3, -0.25) is 0 Å². The van der Waals surface area contributed by atoms with Crippen LogP contribution >= 0.6 is 0 Å². The summed E-state index contributed by atoms with van der Waals surface area (Å²) in [5.74, 6) is -1.69. The number of carboxylic acid groups (broad SMARTS) is 1. The van der Waals surface area contributed by atoms with Crippen molar-refractivity contribution in [3.63, 3.8) is 0 Å². The van der Waals surface area contributed by atoms with Crippen molar-refractivity contribution in [2.45, 2.75) is 90.0 Å². The van der Waals surface area contributed by atoms with Crippen LogP contribution in [0.3, 0.4) is 0 Å². The van der Waals surface area contributed by atoms with E-state index in [4.69, 9.17) is 18.9 Å². The number of carboxylic acids is 1. The summed E-state index contributed by atoms with van der Waals surface area (Å²) in [4.78, 5) is 24.6. The van der Waals surface area contributed by atoms with Crippen molar-refractivity contribution in [1.82, 2.24) is 5.32 Å². The molecule has 1 aromatic rings. The molecular weight excluding hydrogens is 495 g/mol. The zero-order chi connectivity index (χ0) is 28.1. The molecule has 0 heterocycles. The molecule has 0 aliphatic heterocycles. The van der Waals surface area contributed by atoms with E-state index in [0.29, 0.717) is 6.42 Å². The lowest BCUT2D eigenvalue weighted by molar-refractivity contribution is -0.151. The van der Waals surface area contributed by atoms with E-state index < -0.39 is 41.5 Å². The van der Waals surface area contributed by atoms with Crippen molar-refractivity contribution < 1.29 is 46.8 Å².